The molecule has 6 heteroatoms. The van der Waals surface area contributed by atoms with Crippen LogP contribution in [-0.4, -0.2) is 29.3 Å². The maximum atomic E-state index is 13.4. The molecule has 0 aromatic heterocycles. The average Bonchev–Trinajstić information content (AvgIpc) is 2.55. The van der Waals surface area contributed by atoms with Crippen LogP contribution in [-0.2, 0) is 4.57 Å². The van der Waals surface area contributed by atoms with Crippen molar-refractivity contribution in [1.82, 2.24) is 9.76 Å². The lowest BCUT2D eigenvalue weighted by Gasteiger charge is -2.30. The molecule has 0 aliphatic rings. The van der Waals surface area contributed by atoms with Gasteiger partial charge in [-0.25, -0.2) is 10.1 Å². The Hall–Kier alpha value is -0.770. The molecule has 0 aliphatic heterocycles. The SMILES string of the molecule is CCCNP(=O)(SC(C)CC)N(C=Nc1ccc(C)cc1)CC. The van der Waals surface area contributed by atoms with E-state index in [2.05, 4.69) is 37.8 Å². The second-order valence-electron chi connectivity index (χ2n) is 5.59. The fourth-order valence-electron chi connectivity index (χ4n) is 1.86. The van der Waals surface area contributed by atoms with Gasteiger partial charge in [-0.2, -0.15) is 0 Å². The Morgan fingerprint density at radius 2 is 1.96 bits per heavy atom. The zero-order valence-corrected chi connectivity index (χ0v) is 16.7. The molecule has 2 atom stereocenters. The molecule has 1 aromatic carbocycles. The average molecular weight is 355 g/mol. The van der Waals surface area contributed by atoms with Crippen molar-refractivity contribution in [2.75, 3.05) is 13.1 Å². The minimum absolute atomic E-state index is 0.340. The first kappa shape index (κ1) is 20.3. The van der Waals surface area contributed by atoms with Gasteiger partial charge in [0.2, 0.25) is 0 Å². The van der Waals surface area contributed by atoms with Crippen LogP contribution in [0.5, 0.6) is 0 Å². The summed E-state index contributed by atoms with van der Waals surface area (Å²) in [4.78, 5) is 4.50. The number of nitrogens with zero attached hydrogens (tertiary/aromatic N) is 2. The smallest absolute Gasteiger partial charge is 0.293 e. The fourth-order valence-corrected chi connectivity index (χ4v) is 7.18. The van der Waals surface area contributed by atoms with Gasteiger partial charge in [0.1, 0.15) is 0 Å². The fraction of sp³-hybridized carbons (Fsp3) is 0.588. The van der Waals surface area contributed by atoms with Gasteiger partial charge in [0, 0.05) is 18.3 Å². The molecule has 0 heterocycles. The third kappa shape index (κ3) is 6.70. The highest BCUT2D eigenvalue weighted by Crippen LogP contribution is 2.59. The first-order valence-corrected chi connectivity index (χ1v) is 11.5. The van der Waals surface area contributed by atoms with E-state index < -0.39 is 6.65 Å². The summed E-state index contributed by atoms with van der Waals surface area (Å²) in [5.74, 6) is 0. The maximum Gasteiger partial charge on any atom is 0.293 e. The van der Waals surface area contributed by atoms with Crippen molar-refractivity contribution in [3.8, 4) is 0 Å². The molecule has 0 radical (unpaired) electrons. The normalized spacial score (nSPS) is 15.5. The molecule has 1 N–H and O–H groups in total. The molecule has 1 rings (SSSR count). The van der Waals surface area contributed by atoms with E-state index in [1.54, 1.807) is 6.34 Å². The standard InChI is InChI=1S/C17H30N3OPS/c1-6-13-19-22(21,23-16(5)7-2)20(8-3)14-18-17-11-9-15(4)10-12-17/h9-12,14,16H,6-8,13H2,1-5H3,(H,19,21). The molecule has 23 heavy (non-hydrogen) atoms. The molecule has 130 valence electrons. The largest absolute Gasteiger partial charge is 0.294 e. The van der Waals surface area contributed by atoms with Crippen LogP contribution >= 0.6 is 18.0 Å². The highest BCUT2D eigenvalue weighted by atomic mass is 32.7. The minimum Gasteiger partial charge on any atom is -0.294 e. The Labute approximate surface area is 145 Å². The molecule has 0 fully saturated rings. The van der Waals surface area contributed by atoms with E-state index in [-0.39, 0.29) is 0 Å². The van der Waals surface area contributed by atoms with Crippen LogP contribution < -0.4 is 5.09 Å². The van der Waals surface area contributed by atoms with Crippen molar-refractivity contribution < 1.29 is 4.57 Å². The van der Waals surface area contributed by atoms with Crippen LogP contribution in [0.1, 0.15) is 46.1 Å². The summed E-state index contributed by atoms with van der Waals surface area (Å²) in [7, 11) is 0. The molecule has 0 saturated carbocycles. The van der Waals surface area contributed by atoms with Gasteiger partial charge in [-0.3, -0.25) is 9.24 Å². The first-order valence-electron chi connectivity index (χ1n) is 8.36. The molecule has 4 nitrogen and oxygen atoms in total. The second-order valence-corrected chi connectivity index (χ2v) is 10.6. The summed E-state index contributed by atoms with van der Waals surface area (Å²) in [6.07, 6.45) is 3.68. The molecule has 0 aliphatic carbocycles. The lowest BCUT2D eigenvalue weighted by Crippen LogP contribution is -2.26. The Morgan fingerprint density at radius 3 is 2.48 bits per heavy atom. The first-order chi connectivity index (χ1) is 10.9. The third-order valence-corrected chi connectivity index (χ3v) is 9.11. The number of hydrogen-bond donors (Lipinski definition) is 1. The van der Waals surface area contributed by atoms with Crippen molar-refractivity contribution >= 4 is 30.1 Å². The lowest BCUT2D eigenvalue weighted by molar-refractivity contribution is 0.530. The van der Waals surface area contributed by atoms with Gasteiger partial charge in [0.15, 0.2) is 0 Å². The van der Waals surface area contributed by atoms with Gasteiger partial charge in [-0.05, 0) is 38.8 Å². The Bertz CT molecular complexity index is 533. The summed E-state index contributed by atoms with van der Waals surface area (Å²) < 4.78 is 15.3. The number of rotatable bonds is 10. The highest BCUT2D eigenvalue weighted by molar-refractivity contribution is 8.57. The Morgan fingerprint density at radius 1 is 1.30 bits per heavy atom. The van der Waals surface area contributed by atoms with Crippen LogP contribution in [0.15, 0.2) is 29.3 Å². The Kier molecular flexibility index (Phi) is 8.96. The third-order valence-electron chi connectivity index (χ3n) is 3.50. The molecular weight excluding hydrogens is 325 g/mol. The van der Waals surface area contributed by atoms with Gasteiger partial charge in [0.25, 0.3) is 6.65 Å². The van der Waals surface area contributed by atoms with E-state index in [1.807, 2.05) is 35.9 Å². The number of hydrogen-bond acceptors (Lipinski definition) is 3. The number of aliphatic imine (C=N–C) groups is 1. The molecule has 0 saturated heterocycles. The van der Waals surface area contributed by atoms with Crippen LogP contribution in [0.4, 0.5) is 5.69 Å². The van der Waals surface area contributed by atoms with Gasteiger partial charge < -0.3 is 0 Å². The summed E-state index contributed by atoms with van der Waals surface area (Å²) in [5, 5.41) is 3.60. The van der Waals surface area contributed by atoms with Crippen LogP contribution in [0.25, 0.3) is 0 Å². The van der Waals surface area contributed by atoms with Crippen LogP contribution in [0.3, 0.4) is 0 Å². The van der Waals surface area contributed by atoms with Crippen molar-refractivity contribution in [3.63, 3.8) is 0 Å². The van der Waals surface area contributed by atoms with E-state index >= 15 is 0 Å². The molecule has 1 aromatic rings. The van der Waals surface area contributed by atoms with Crippen molar-refractivity contribution in [3.05, 3.63) is 29.8 Å². The Balaban J connectivity index is 2.94. The maximum absolute atomic E-state index is 13.4. The van der Waals surface area contributed by atoms with Gasteiger partial charge >= 0.3 is 0 Å². The predicted octanol–water partition coefficient (Wildman–Crippen LogP) is 5.62. The predicted molar refractivity (Wildman–Crippen MR) is 105 cm³/mol. The molecule has 0 amide bonds. The zero-order chi connectivity index (χ0) is 17.3. The van der Waals surface area contributed by atoms with E-state index in [0.717, 1.165) is 25.1 Å². The zero-order valence-electron chi connectivity index (χ0n) is 15.0. The van der Waals surface area contributed by atoms with E-state index in [4.69, 9.17) is 0 Å². The second kappa shape index (κ2) is 10.2. The number of nitrogens with one attached hydrogen (secondary N) is 1. The molecule has 0 spiro atoms. The summed E-state index contributed by atoms with van der Waals surface area (Å²) in [5.41, 5.74) is 2.09. The van der Waals surface area contributed by atoms with Gasteiger partial charge in [0.05, 0.1) is 12.0 Å². The highest BCUT2D eigenvalue weighted by Gasteiger charge is 2.30. The lowest BCUT2D eigenvalue weighted by atomic mass is 10.2. The summed E-state index contributed by atoms with van der Waals surface area (Å²) >= 11 is 1.54. The van der Waals surface area contributed by atoms with E-state index in [0.29, 0.717) is 11.8 Å². The van der Waals surface area contributed by atoms with E-state index in [9.17, 15) is 4.57 Å². The molecule has 0 bridgehead atoms. The van der Waals surface area contributed by atoms with Gasteiger partial charge in [-0.15, -0.1) is 0 Å². The quantitative estimate of drug-likeness (QED) is 0.336. The van der Waals surface area contributed by atoms with Crippen molar-refractivity contribution in [2.45, 2.75) is 52.7 Å². The number of benzene rings is 1. The summed E-state index contributed by atoms with van der Waals surface area (Å²) in [6, 6.07) is 8.02. The minimum atomic E-state index is -2.71. The topological polar surface area (TPSA) is 44.7 Å². The van der Waals surface area contributed by atoms with Crippen LogP contribution in [0, 0.1) is 6.92 Å². The van der Waals surface area contributed by atoms with Crippen LogP contribution in [0.2, 0.25) is 0 Å². The summed E-state index contributed by atoms with van der Waals surface area (Å²) in [6.45, 7) is 9.09. The number of aryl methyl sites for hydroxylation is 1. The van der Waals surface area contributed by atoms with Crippen molar-refractivity contribution in [1.29, 1.82) is 0 Å². The van der Waals surface area contributed by atoms with E-state index in [1.165, 1.54) is 16.9 Å². The van der Waals surface area contributed by atoms with Crippen molar-refractivity contribution in [2.24, 2.45) is 4.99 Å². The molecule has 2 unspecified atom stereocenters. The monoisotopic (exact) mass is 355 g/mol. The molecular formula is C17H30N3OPS. The van der Waals surface area contributed by atoms with Gasteiger partial charge in [-0.1, -0.05) is 49.8 Å².